The third kappa shape index (κ3) is 4.42. The van der Waals surface area contributed by atoms with Crippen molar-refractivity contribution in [3.8, 4) is 0 Å². The van der Waals surface area contributed by atoms with Gasteiger partial charge in [-0.05, 0) is 25.0 Å². The standard InChI is InChI=1S/C13H15Cl3N2O2/c14-8-5-10(15)13(11(16)6-8)17-7-12(19)18-9-1-3-20-4-2-9/h5-6,9,17H,1-4,7H2,(H,18,19). The molecule has 20 heavy (non-hydrogen) atoms. The van der Waals surface area contributed by atoms with E-state index in [1.807, 2.05) is 0 Å². The van der Waals surface area contributed by atoms with E-state index in [1.54, 1.807) is 12.1 Å². The molecule has 1 heterocycles. The summed E-state index contributed by atoms with van der Waals surface area (Å²) in [6.45, 7) is 1.48. The van der Waals surface area contributed by atoms with Crippen LogP contribution in [-0.4, -0.2) is 31.7 Å². The fourth-order valence-electron chi connectivity index (χ4n) is 2.00. The summed E-state index contributed by atoms with van der Waals surface area (Å²) in [7, 11) is 0. The van der Waals surface area contributed by atoms with Crippen molar-refractivity contribution in [1.29, 1.82) is 0 Å². The summed E-state index contributed by atoms with van der Waals surface area (Å²) in [6, 6.07) is 3.33. The Kier molecular flexibility index (Phi) is 5.78. The molecule has 110 valence electrons. The SMILES string of the molecule is O=C(CNc1c(Cl)cc(Cl)cc1Cl)NC1CCOCC1. The normalized spacial score (nSPS) is 15.9. The number of ether oxygens (including phenoxy) is 1. The van der Waals surface area contributed by atoms with Gasteiger partial charge in [-0.2, -0.15) is 0 Å². The molecule has 0 unspecified atom stereocenters. The minimum atomic E-state index is -0.0982. The van der Waals surface area contributed by atoms with Crippen molar-refractivity contribution >= 4 is 46.4 Å². The molecule has 0 radical (unpaired) electrons. The minimum Gasteiger partial charge on any atom is -0.381 e. The van der Waals surface area contributed by atoms with E-state index >= 15 is 0 Å². The molecule has 0 aliphatic carbocycles. The molecule has 0 spiro atoms. The Morgan fingerprint density at radius 2 is 1.80 bits per heavy atom. The van der Waals surface area contributed by atoms with Crippen molar-refractivity contribution in [3.63, 3.8) is 0 Å². The first kappa shape index (κ1) is 15.7. The van der Waals surface area contributed by atoms with Crippen LogP contribution in [0.5, 0.6) is 0 Å². The molecule has 1 amide bonds. The maximum Gasteiger partial charge on any atom is 0.239 e. The zero-order valence-electron chi connectivity index (χ0n) is 10.7. The van der Waals surface area contributed by atoms with Gasteiger partial charge >= 0.3 is 0 Å². The lowest BCUT2D eigenvalue weighted by molar-refractivity contribution is -0.120. The van der Waals surface area contributed by atoms with Crippen LogP contribution in [0.1, 0.15) is 12.8 Å². The van der Waals surface area contributed by atoms with Crippen LogP contribution in [0.2, 0.25) is 15.1 Å². The third-order valence-electron chi connectivity index (χ3n) is 3.02. The summed E-state index contributed by atoms with van der Waals surface area (Å²) in [4.78, 5) is 11.8. The van der Waals surface area contributed by atoms with Crippen LogP contribution in [0.3, 0.4) is 0 Å². The fraction of sp³-hybridized carbons (Fsp3) is 0.462. The van der Waals surface area contributed by atoms with Gasteiger partial charge < -0.3 is 15.4 Å². The lowest BCUT2D eigenvalue weighted by Crippen LogP contribution is -2.41. The molecule has 0 bridgehead atoms. The molecule has 0 saturated carbocycles. The first-order valence-corrected chi connectivity index (χ1v) is 7.45. The summed E-state index contributed by atoms with van der Waals surface area (Å²) < 4.78 is 5.24. The van der Waals surface area contributed by atoms with E-state index in [2.05, 4.69) is 10.6 Å². The van der Waals surface area contributed by atoms with Crippen LogP contribution in [0.15, 0.2) is 12.1 Å². The van der Waals surface area contributed by atoms with Gasteiger partial charge in [0.05, 0.1) is 22.3 Å². The molecule has 2 rings (SSSR count). The molecule has 1 aromatic rings. The van der Waals surface area contributed by atoms with Crippen molar-refractivity contribution < 1.29 is 9.53 Å². The molecular formula is C13H15Cl3N2O2. The smallest absolute Gasteiger partial charge is 0.239 e. The highest BCUT2D eigenvalue weighted by Gasteiger charge is 2.16. The van der Waals surface area contributed by atoms with Gasteiger partial charge in [-0.1, -0.05) is 34.8 Å². The molecular weight excluding hydrogens is 323 g/mol. The summed E-state index contributed by atoms with van der Waals surface area (Å²) >= 11 is 17.9. The molecule has 1 aliphatic rings. The second-order valence-electron chi connectivity index (χ2n) is 4.55. The van der Waals surface area contributed by atoms with Gasteiger partial charge in [0.2, 0.25) is 5.91 Å². The Morgan fingerprint density at radius 3 is 2.40 bits per heavy atom. The van der Waals surface area contributed by atoms with Crippen LogP contribution in [0, 0.1) is 0 Å². The summed E-state index contributed by atoms with van der Waals surface area (Å²) in [5.74, 6) is -0.0982. The largest absolute Gasteiger partial charge is 0.381 e. The highest BCUT2D eigenvalue weighted by atomic mass is 35.5. The van der Waals surface area contributed by atoms with Crippen LogP contribution < -0.4 is 10.6 Å². The zero-order chi connectivity index (χ0) is 14.5. The van der Waals surface area contributed by atoms with Gasteiger partial charge in [-0.15, -0.1) is 0 Å². The second kappa shape index (κ2) is 7.36. The number of hydrogen-bond donors (Lipinski definition) is 2. The molecule has 1 aliphatic heterocycles. The first-order chi connectivity index (χ1) is 9.56. The number of benzene rings is 1. The predicted molar refractivity (Wildman–Crippen MR) is 81.9 cm³/mol. The van der Waals surface area contributed by atoms with Gasteiger partial charge in [-0.25, -0.2) is 0 Å². The van der Waals surface area contributed by atoms with Gasteiger partial charge in [0.1, 0.15) is 0 Å². The topological polar surface area (TPSA) is 50.4 Å². The zero-order valence-corrected chi connectivity index (χ0v) is 13.0. The van der Waals surface area contributed by atoms with Crippen molar-refractivity contribution in [2.24, 2.45) is 0 Å². The van der Waals surface area contributed by atoms with Gasteiger partial charge in [0, 0.05) is 24.3 Å². The van der Waals surface area contributed by atoms with Crippen molar-refractivity contribution in [3.05, 3.63) is 27.2 Å². The fourth-order valence-corrected chi connectivity index (χ4v) is 2.95. The van der Waals surface area contributed by atoms with E-state index < -0.39 is 0 Å². The Balaban J connectivity index is 1.87. The molecule has 7 heteroatoms. The first-order valence-electron chi connectivity index (χ1n) is 6.32. The van der Waals surface area contributed by atoms with Crippen LogP contribution >= 0.6 is 34.8 Å². The molecule has 4 nitrogen and oxygen atoms in total. The van der Waals surface area contributed by atoms with Crippen LogP contribution in [-0.2, 0) is 9.53 Å². The molecule has 0 aromatic heterocycles. The van der Waals surface area contributed by atoms with E-state index in [0.29, 0.717) is 34.0 Å². The average Bonchev–Trinajstić information content (AvgIpc) is 2.38. The molecule has 2 N–H and O–H groups in total. The number of amides is 1. The minimum absolute atomic E-state index is 0.0982. The van der Waals surface area contributed by atoms with Crippen molar-refractivity contribution in [1.82, 2.24) is 5.32 Å². The Hall–Kier alpha value is -0.680. The number of nitrogens with one attached hydrogen (secondary N) is 2. The third-order valence-corrected chi connectivity index (χ3v) is 3.83. The molecule has 1 saturated heterocycles. The lowest BCUT2D eigenvalue weighted by atomic mass is 10.1. The maximum atomic E-state index is 11.8. The predicted octanol–water partition coefficient (Wildman–Crippen LogP) is 3.35. The summed E-state index contributed by atoms with van der Waals surface area (Å²) in [5.41, 5.74) is 0.514. The number of carbonyl (C=O) groups is 1. The van der Waals surface area contributed by atoms with Gasteiger partial charge in [-0.3, -0.25) is 4.79 Å². The van der Waals surface area contributed by atoms with Crippen molar-refractivity contribution in [2.75, 3.05) is 25.1 Å². The molecule has 1 aromatic carbocycles. The maximum absolute atomic E-state index is 11.8. The Bertz CT molecular complexity index is 467. The number of carbonyl (C=O) groups excluding carboxylic acids is 1. The van der Waals surface area contributed by atoms with E-state index in [9.17, 15) is 4.79 Å². The summed E-state index contributed by atoms with van der Waals surface area (Å²) in [6.07, 6.45) is 1.68. The van der Waals surface area contributed by atoms with Crippen LogP contribution in [0.4, 0.5) is 5.69 Å². The highest BCUT2D eigenvalue weighted by Crippen LogP contribution is 2.33. The quantitative estimate of drug-likeness (QED) is 0.886. The summed E-state index contributed by atoms with van der Waals surface area (Å²) in [5, 5.41) is 7.11. The van der Waals surface area contributed by atoms with Crippen LogP contribution in [0.25, 0.3) is 0 Å². The van der Waals surface area contributed by atoms with E-state index in [1.165, 1.54) is 0 Å². The monoisotopic (exact) mass is 336 g/mol. The lowest BCUT2D eigenvalue weighted by Gasteiger charge is -2.23. The van der Waals surface area contributed by atoms with E-state index in [-0.39, 0.29) is 18.5 Å². The number of halogens is 3. The Labute approximate surface area is 132 Å². The van der Waals surface area contributed by atoms with E-state index in [4.69, 9.17) is 39.5 Å². The molecule has 1 fully saturated rings. The number of hydrogen-bond acceptors (Lipinski definition) is 3. The van der Waals surface area contributed by atoms with Crippen molar-refractivity contribution in [2.45, 2.75) is 18.9 Å². The number of anilines is 1. The van der Waals surface area contributed by atoms with Gasteiger partial charge in [0.15, 0.2) is 0 Å². The molecule has 0 atom stereocenters. The number of rotatable bonds is 4. The Morgan fingerprint density at radius 1 is 1.20 bits per heavy atom. The second-order valence-corrected chi connectivity index (χ2v) is 5.80. The van der Waals surface area contributed by atoms with Gasteiger partial charge in [0.25, 0.3) is 0 Å². The average molecular weight is 338 g/mol. The van der Waals surface area contributed by atoms with E-state index in [0.717, 1.165) is 12.8 Å². The highest BCUT2D eigenvalue weighted by molar-refractivity contribution is 6.41.